The number of carbonyl (C=O) groups is 2. The SMILES string of the molecule is CCCCCC/C=C\CCCCCCCC(=O)OCCCCCCCCCCCCCCCCCCCC(=O)NC(CO)C(O)CCCCCCCCCCCCCCCCCCCCCCCCCCC. The molecule has 0 aromatic heterocycles. The molecule has 2 unspecified atom stereocenters. The minimum atomic E-state index is -0.669. The molecule has 6 nitrogen and oxygen atoms in total. The van der Waals surface area contributed by atoms with Crippen LogP contribution in [0.5, 0.6) is 0 Å². The first-order valence-electron chi connectivity index (χ1n) is 32.9. The van der Waals surface area contributed by atoms with E-state index in [9.17, 15) is 19.8 Å². The van der Waals surface area contributed by atoms with Gasteiger partial charge in [0.15, 0.2) is 0 Å². The predicted octanol–water partition coefficient (Wildman–Crippen LogP) is 20.8. The van der Waals surface area contributed by atoms with E-state index in [0.717, 1.165) is 44.9 Å². The Balaban J connectivity index is 3.41. The van der Waals surface area contributed by atoms with Gasteiger partial charge in [-0.25, -0.2) is 0 Å². The van der Waals surface area contributed by atoms with Crippen LogP contribution in [-0.2, 0) is 14.3 Å². The number of aliphatic hydroxyl groups is 2. The van der Waals surface area contributed by atoms with Gasteiger partial charge in [0.2, 0.25) is 5.91 Å². The third-order valence-electron chi connectivity index (χ3n) is 15.6. The zero-order valence-electron chi connectivity index (χ0n) is 48.9. The summed E-state index contributed by atoms with van der Waals surface area (Å²) < 4.78 is 5.47. The normalized spacial score (nSPS) is 12.6. The second-order valence-electron chi connectivity index (χ2n) is 22.8. The Morgan fingerprint density at radius 3 is 1.00 bits per heavy atom. The Kier molecular flexibility index (Phi) is 60.9. The molecule has 0 saturated heterocycles. The largest absolute Gasteiger partial charge is 0.466 e. The van der Waals surface area contributed by atoms with Crippen LogP contribution in [0.25, 0.3) is 0 Å². The average molecular weight is 1020 g/mol. The van der Waals surface area contributed by atoms with Gasteiger partial charge >= 0.3 is 5.97 Å². The Bertz CT molecular complexity index is 1080. The molecule has 428 valence electrons. The molecular weight excluding hydrogens is 887 g/mol. The van der Waals surface area contributed by atoms with Crippen LogP contribution >= 0.6 is 0 Å². The van der Waals surface area contributed by atoms with Crippen molar-refractivity contribution in [3.8, 4) is 0 Å². The standard InChI is InChI=1S/C66H129NO5/c1-3-5-7-9-11-13-15-17-18-19-20-21-22-23-24-25-26-28-31-35-38-42-46-50-54-58-64(69)63(62-68)67-65(70)59-55-51-47-43-39-36-32-29-27-30-33-37-41-45-49-53-57-61-72-66(71)60-56-52-48-44-40-34-16-14-12-10-8-6-4-2/h14,16,63-64,68-69H,3-13,15,17-62H2,1-2H3,(H,67,70)/b16-14-. The Morgan fingerprint density at radius 2 is 0.653 bits per heavy atom. The van der Waals surface area contributed by atoms with Crippen LogP contribution in [0.2, 0.25) is 0 Å². The molecule has 0 rings (SSSR count). The first-order valence-corrected chi connectivity index (χ1v) is 32.9. The lowest BCUT2D eigenvalue weighted by Gasteiger charge is -2.22. The van der Waals surface area contributed by atoms with Crippen LogP contribution in [0.1, 0.15) is 373 Å². The number of unbranched alkanes of at least 4 members (excludes halogenated alkanes) is 49. The van der Waals surface area contributed by atoms with Gasteiger partial charge in [0, 0.05) is 12.8 Å². The monoisotopic (exact) mass is 1020 g/mol. The van der Waals surface area contributed by atoms with Crippen molar-refractivity contribution in [1.82, 2.24) is 5.32 Å². The summed E-state index contributed by atoms with van der Waals surface area (Å²) in [7, 11) is 0. The molecule has 0 aliphatic rings. The highest BCUT2D eigenvalue weighted by atomic mass is 16.5. The number of ether oxygens (including phenoxy) is 1. The van der Waals surface area contributed by atoms with Gasteiger partial charge in [0.1, 0.15) is 0 Å². The number of esters is 1. The summed E-state index contributed by atoms with van der Waals surface area (Å²) in [6.45, 7) is 4.96. The average Bonchev–Trinajstić information content (AvgIpc) is 3.38. The predicted molar refractivity (Wildman–Crippen MR) is 315 cm³/mol. The van der Waals surface area contributed by atoms with Crippen molar-refractivity contribution in [2.45, 2.75) is 386 Å². The summed E-state index contributed by atoms with van der Waals surface area (Å²) in [5.41, 5.74) is 0. The third-order valence-corrected chi connectivity index (χ3v) is 15.6. The number of nitrogens with one attached hydrogen (secondary N) is 1. The van der Waals surface area contributed by atoms with E-state index >= 15 is 0 Å². The lowest BCUT2D eigenvalue weighted by Crippen LogP contribution is -2.45. The minimum absolute atomic E-state index is 0.00259. The quantitative estimate of drug-likeness (QED) is 0.0320. The van der Waals surface area contributed by atoms with Crippen molar-refractivity contribution in [3.63, 3.8) is 0 Å². The molecule has 0 aliphatic heterocycles. The Morgan fingerprint density at radius 1 is 0.375 bits per heavy atom. The molecule has 0 fully saturated rings. The van der Waals surface area contributed by atoms with Crippen molar-refractivity contribution in [2.75, 3.05) is 13.2 Å². The molecule has 2 atom stereocenters. The van der Waals surface area contributed by atoms with Gasteiger partial charge in [0.25, 0.3) is 0 Å². The number of aliphatic hydroxyl groups excluding tert-OH is 2. The zero-order chi connectivity index (χ0) is 52.2. The minimum Gasteiger partial charge on any atom is -0.466 e. The summed E-state index contributed by atoms with van der Waals surface area (Å²) in [5.74, 6) is -0.0382. The van der Waals surface area contributed by atoms with Crippen molar-refractivity contribution in [3.05, 3.63) is 12.2 Å². The first kappa shape index (κ1) is 70.6. The number of hydrogen-bond donors (Lipinski definition) is 3. The Labute approximate surface area is 450 Å². The number of hydrogen-bond acceptors (Lipinski definition) is 5. The van der Waals surface area contributed by atoms with Crippen LogP contribution in [0.4, 0.5) is 0 Å². The summed E-state index contributed by atoms with van der Waals surface area (Å²) in [6, 6.07) is -0.547. The van der Waals surface area contributed by atoms with Crippen LogP contribution in [0, 0.1) is 0 Å². The zero-order valence-corrected chi connectivity index (χ0v) is 48.9. The fourth-order valence-corrected chi connectivity index (χ4v) is 10.5. The summed E-state index contributed by atoms with van der Waals surface area (Å²) in [6.07, 6.45) is 75.2. The van der Waals surface area contributed by atoms with E-state index in [-0.39, 0.29) is 18.5 Å². The van der Waals surface area contributed by atoms with E-state index in [0.29, 0.717) is 25.9 Å². The second kappa shape index (κ2) is 62.1. The Hall–Kier alpha value is -1.40. The molecule has 1 amide bonds. The van der Waals surface area contributed by atoms with Gasteiger partial charge in [-0.2, -0.15) is 0 Å². The van der Waals surface area contributed by atoms with E-state index in [2.05, 4.69) is 31.3 Å². The van der Waals surface area contributed by atoms with Crippen molar-refractivity contribution in [2.24, 2.45) is 0 Å². The summed E-state index contributed by atoms with van der Waals surface area (Å²) in [4.78, 5) is 24.6. The fraction of sp³-hybridized carbons (Fsp3) is 0.939. The fourth-order valence-electron chi connectivity index (χ4n) is 10.5. The molecule has 0 aromatic carbocycles. The number of allylic oxidation sites excluding steroid dienone is 2. The van der Waals surface area contributed by atoms with Gasteiger partial charge in [0.05, 0.1) is 25.4 Å². The van der Waals surface area contributed by atoms with Crippen LogP contribution in [-0.4, -0.2) is 47.4 Å². The topological polar surface area (TPSA) is 95.9 Å². The van der Waals surface area contributed by atoms with Crippen molar-refractivity contribution >= 4 is 11.9 Å². The van der Waals surface area contributed by atoms with Gasteiger partial charge in [-0.3, -0.25) is 9.59 Å². The third kappa shape index (κ3) is 57.9. The van der Waals surface area contributed by atoms with Gasteiger partial charge < -0.3 is 20.3 Å². The lowest BCUT2D eigenvalue weighted by atomic mass is 10.0. The summed E-state index contributed by atoms with van der Waals surface area (Å²) >= 11 is 0. The van der Waals surface area contributed by atoms with Crippen molar-refractivity contribution in [1.29, 1.82) is 0 Å². The number of carbonyl (C=O) groups excluding carboxylic acids is 2. The van der Waals surface area contributed by atoms with Crippen molar-refractivity contribution < 1.29 is 24.5 Å². The number of amides is 1. The van der Waals surface area contributed by atoms with E-state index < -0.39 is 12.1 Å². The van der Waals surface area contributed by atoms with Gasteiger partial charge in [-0.05, 0) is 51.4 Å². The molecule has 3 N–H and O–H groups in total. The summed E-state index contributed by atoms with van der Waals surface area (Å²) in [5, 5.41) is 23.4. The maximum atomic E-state index is 12.5. The van der Waals surface area contributed by atoms with Crippen LogP contribution in [0.3, 0.4) is 0 Å². The molecule has 0 radical (unpaired) electrons. The number of rotatable bonds is 62. The molecule has 0 saturated carbocycles. The second-order valence-corrected chi connectivity index (χ2v) is 22.8. The molecule has 72 heavy (non-hydrogen) atoms. The van der Waals surface area contributed by atoms with Crippen LogP contribution < -0.4 is 5.32 Å². The highest BCUT2D eigenvalue weighted by molar-refractivity contribution is 5.76. The van der Waals surface area contributed by atoms with Gasteiger partial charge in [-0.1, -0.05) is 321 Å². The molecular formula is C66H129NO5. The molecule has 0 aromatic rings. The lowest BCUT2D eigenvalue weighted by molar-refractivity contribution is -0.143. The maximum absolute atomic E-state index is 12.5. The van der Waals surface area contributed by atoms with E-state index in [1.165, 1.54) is 295 Å². The van der Waals surface area contributed by atoms with E-state index in [4.69, 9.17) is 4.74 Å². The van der Waals surface area contributed by atoms with E-state index in [1.54, 1.807) is 0 Å². The maximum Gasteiger partial charge on any atom is 0.305 e. The van der Waals surface area contributed by atoms with E-state index in [1.807, 2.05) is 0 Å². The smallest absolute Gasteiger partial charge is 0.305 e. The molecule has 0 aliphatic carbocycles. The van der Waals surface area contributed by atoms with Gasteiger partial charge in [-0.15, -0.1) is 0 Å². The molecule has 0 spiro atoms. The molecule has 6 heteroatoms. The first-order chi connectivity index (χ1) is 35.5. The van der Waals surface area contributed by atoms with Crippen LogP contribution in [0.15, 0.2) is 12.2 Å². The highest BCUT2D eigenvalue weighted by Crippen LogP contribution is 2.19. The highest BCUT2D eigenvalue weighted by Gasteiger charge is 2.20. The molecule has 0 heterocycles. The molecule has 0 bridgehead atoms.